The molecule has 8 rings (SSSR count). The van der Waals surface area contributed by atoms with Crippen LogP contribution in [0.15, 0.2) is 97.3 Å². The molecule has 13 heteroatoms. The predicted octanol–water partition coefficient (Wildman–Crippen LogP) is 5.93. The number of hydrogen-bond donors (Lipinski definition) is 1. The third-order valence-electron chi connectivity index (χ3n) is 8.51. The van der Waals surface area contributed by atoms with Gasteiger partial charge in [-0.2, -0.15) is 0 Å². The van der Waals surface area contributed by atoms with E-state index in [1.54, 1.807) is 21.9 Å². The average molecular weight is 812 g/mol. The molecule has 0 aliphatic carbocycles. The van der Waals surface area contributed by atoms with Gasteiger partial charge in [0.05, 0.1) is 29.1 Å². The number of nitrogens with zero attached hydrogens (tertiary/aromatic N) is 5. The number of nitro benzene ring substituents is 1. The van der Waals surface area contributed by atoms with Crippen molar-refractivity contribution < 1.29 is 39.8 Å². The van der Waals surface area contributed by atoms with Gasteiger partial charge in [-0.15, -0.1) is 0 Å². The van der Waals surface area contributed by atoms with Gasteiger partial charge in [-0.1, -0.05) is 24.3 Å². The van der Waals surface area contributed by atoms with Crippen molar-refractivity contribution in [2.45, 2.75) is 13.1 Å². The number of aromatic nitrogens is 2. The minimum atomic E-state index is -1.92. The zero-order valence-corrected chi connectivity index (χ0v) is 27.5. The van der Waals surface area contributed by atoms with Crippen molar-refractivity contribution in [1.29, 1.82) is 0 Å². The normalized spacial score (nSPS) is 13.3. The molecule has 0 bridgehead atoms. The predicted molar refractivity (Wildman–Crippen MR) is 172 cm³/mol. The van der Waals surface area contributed by atoms with E-state index in [9.17, 15) is 19.7 Å². The molecule has 4 heterocycles. The molecule has 240 valence electrons. The maximum atomic E-state index is 12.6. The summed E-state index contributed by atoms with van der Waals surface area (Å²) in [6.45, 7) is 0.762. The number of carbonyl (C=O) groups is 2. The van der Waals surface area contributed by atoms with Gasteiger partial charge in [-0.05, 0) is 65.4 Å². The number of nitrogens with two attached hydrogens (primary N) is 1. The Morgan fingerprint density at radius 2 is 1.17 bits per heavy atom. The Labute approximate surface area is 276 Å². The molecule has 2 N–H and O–H groups in total. The number of amides is 2. The van der Waals surface area contributed by atoms with Crippen LogP contribution in [0, 0.1) is 10.1 Å². The fourth-order valence-corrected chi connectivity index (χ4v) is 6.10. The van der Waals surface area contributed by atoms with Crippen LogP contribution in [-0.4, -0.2) is 25.9 Å². The Kier molecular flexibility index (Phi) is 8.44. The molecule has 0 saturated carbocycles. The van der Waals surface area contributed by atoms with Crippen molar-refractivity contribution in [2.75, 3.05) is 15.5 Å². The molecule has 2 amide bonds. The number of fused-ring (bicyclic) bond motifs is 4. The quantitative estimate of drug-likeness (QED) is 0.132. The van der Waals surface area contributed by atoms with Crippen LogP contribution < -0.4 is 15.5 Å². The first kappa shape index (κ1) is 31.4. The summed E-state index contributed by atoms with van der Waals surface area (Å²) in [5, 5.41) is 13.4. The first-order chi connectivity index (χ1) is 22.6. The van der Waals surface area contributed by atoms with Crippen molar-refractivity contribution in [3.8, 4) is 0 Å². The molecule has 47 heavy (non-hydrogen) atoms. The molecule has 0 atom stereocenters. The monoisotopic (exact) mass is 811 g/mol. The van der Waals surface area contributed by atoms with E-state index in [1.807, 2.05) is 85.7 Å². The van der Waals surface area contributed by atoms with Crippen LogP contribution in [-0.2, 0) is 52.5 Å². The van der Waals surface area contributed by atoms with Gasteiger partial charge in [0, 0.05) is 71.8 Å². The summed E-state index contributed by atoms with van der Waals surface area (Å²) in [5.41, 5.74) is 13.0. The number of rotatable bonds is 3. The number of hydrogen-bond acceptors (Lipinski definition) is 7. The third-order valence-corrected chi connectivity index (χ3v) is 8.51. The molecular formula is C34H28N6O6Pt. The number of aryl methyl sites for hydroxylation is 2. The van der Waals surface area contributed by atoms with Crippen molar-refractivity contribution >= 4 is 56.4 Å². The summed E-state index contributed by atoms with van der Waals surface area (Å²) in [7, 11) is 3.95. The van der Waals surface area contributed by atoms with Gasteiger partial charge in [-0.25, -0.2) is 0 Å². The Balaban J connectivity index is 0.000000152. The molecule has 0 unspecified atom stereocenters. The van der Waals surface area contributed by atoms with Gasteiger partial charge in [-0.3, -0.25) is 19.7 Å². The summed E-state index contributed by atoms with van der Waals surface area (Å²) in [6, 6.07) is 26.1. The van der Waals surface area contributed by atoms with E-state index in [1.165, 1.54) is 11.5 Å². The summed E-state index contributed by atoms with van der Waals surface area (Å²) in [4.78, 5) is 39.3. The van der Waals surface area contributed by atoms with Crippen molar-refractivity contribution in [3.63, 3.8) is 0 Å². The summed E-state index contributed by atoms with van der Waals surface area (Å²) >= 11 is -1.92. The Bertz CT molecular complexity index is 2270. The van der Waals surface area contributed by atoms with E-state index in [4.69, 9.17) is 12.5 Å². The summed E-state index contributed by atoms with van der Waals surface area (Å²) < 4.78 is 21.0. The average Bonchev–Trinajstić information content (AvgIpc) is 3.82. The molecule has 0 fully saturated rings. The second-order valence-corrected chi connectivity index (χ2v) is 11.5. The molecule has 2 aliphatic heterocycles. The zero-order valence-electron chi connectivity index (χ0n) is 25.2. The van der Waals surface area contributed by atoms with E-state index in [2.05, 4.69) is 16.7 Å². The summed E-state index contributed by atoms with van der Waals surface area (Å²) in [5.74, 6) is -0.178. The molecule has 2 aliphatic rings. The Morgan fingerprint density at radius 1 is 0.702 bits per heavy atom. The molecule has 0 spiro atoms. The maximum absolute atomic E-state index is 12.6. The van der Waals surface area contributed by atoms with Gasteiger partial charge < -0.3 is 24.7 Å². The van der Waals surface area contributed by atoms with Gasteiger partial charge in [0.15, 0.2) is 0 Å². The molecule has 0 radical (unpaired) electrons. The number of nitro groups is 1. The first-order valence-corrected chi connectivity index (χ1v) is 16.2. The second-order valence-electron chi connectivity index (χ2n) is 11.1. The van der Waals surface area contributed by atoms with E-state index in [0.29, 0.717) is 28.9 Å². The van der Waals surface area contributed by atoms with Crippen LogP contribution in [0.5, 0.6) is 0 Å². The van der Waals surface area contributed by atoms with Crippen LogP contribution in [0.3, 0.4) is 0 Å². The second kappa shape index (κ2) is 12.6. The van der Waals surface area contributed by atoms with Crippen molar-refractivity contribution in [3.05, 3.63) is 130 Å². The summed E-state index contributed by atoms with van der Waals surface area (Å²) in [6.07, 6.45) is 3.98. The van der Waals surface area contributed by atoms with Gasteiger partial charge in [0.25, 0.3) is 17.5 Å². The van der Waals surface area contributed by atoms with Crippen LogP contribution >= 0.6 is 0 Å². The van der Waals surface area contributed by atoms with Crippen LogP contribution in [0.25, 0.3) is 21.8 Å². The fraction of sp³-hybridized carbons (Fsp3) is 0.118. The van der Waals surface area contributed by atoms with E-state index in [-0.39, 0.29) is 24.0 Å². The van der Waals surface area contributed by atoms with Crippen molar-refractivity contribution in [1.82, 2.24) is 9.13 Å². The zero-order chi connectivity index (χ0) is 33.4. The van der Waals surface area contributed by atoms with E-state index < -0.39 is 23.4 Å². The van der Waals surface area contributed by atoms with Crippen LogP contribution in [0.1, 0.15) is 31.8 Å². The Morgan fingerprint density at radius 3 is 1.66 bits per heavy atom. The van der Waals surface area contributed by atoms with E-state index >= 15 is 0 Å². The van der Waals surface area contributed by atoms with Crippen molar-refractivity contribution in [2.24, 2.45) is 14.1 Å². The van der Waals surface area contributed by atoms with E-state index in [0.717, 1.165) is 33.4 Å². The fourth-order valence-electron chi connectivity index (χ4n) is 6.10. The molecular weight excluding hydrogens is 783 g/mol. The minimum absolute atomic E-state index is 0.00158. The van der Waals surface area contributed by atoms with Gasteiger partial charge >= 0.3 is 25.3 Å². The van der Waals surface area contributed by atoms with Gasteiger partial charge in [0.1, 0.15) is 0 Å². The number of carbonyl (C=O) groups excluding carboxylic acids is 2. The first-order valence-electron chi connectivity index (χ1n) is 14.3. The SMILES string of the molecule is Cn1ccc2ccc(N3Cc4c(N)cccc4C3=O)cc21.Cn1ccc2ccc(N3Cc4c(cccc4[N+](=O)[O-])C3=O)cc21.[O]=[Pt]=[O]. The molecule has 12 nitrogen and oxygen atoms in total. The Hall–Kier alpha value is -5.61. The molecule has 2 aromatic heterocycles. The molecule has 0 saturated heterocycles. The number of benzene rings is 4. The van der Waals surface area contributed by atoms with Gasteiger partial charge in [0.2, 0.25) is 0 Å². The number of anilines is 3. The third kappa shape index (κ3) is 5.68. The number of nitrogen functional groups attached to an aromatic ring is 1. The standard InChI is InChI=1S/C17H13N3O3.C17H15N3O.2O.Pt/c1-18-8-7-11-5-6-12(9-16(11)18)19-10-14-13(17(19)21)3-2-4-15(14)20(22)23;1-19-8-7-11-5-6-12(9-16(11)19)20-10-14-13(17(20)21)3-2-4-15(14)18;;;/h2-9H,10H2,1H3;2-9H,10,18H2,1H3;;;. The van der Waals surface area contributed by atoms with Crippen LogP contribution in [0.4, 0.5) is 22.7 Å². The molecule has 4 aromatic carbocycles. The topological polar surface area (TPSA) is 154 Å². The molecule has 6 aromatic rings. The van der Waals surface area contributed by atoms with Crippen LogP contribution in [0.2, 0.25) is 0 Å².